The number of para-hydroxylation sites is 1. The van der Waals surface area contributed by atoms with E-state index >= 15 is 0 Å². The van der Waals surface area contributed by atoms with Gasteiger partial charge in [0, 0.05) is 37.8 Å². The molecule has 31 heavy (non-hydrogen) atoms. The van der Waals surface area contributed by atoms with Crippen molar-refractivity contribution < 1.29 is 23.1 Å². The highest BCUT2D eigenvalue weighted by Crippen LogP contribution is 2.19. The number of sulfonamides is 1. The zero-order valence-corrected chi connectivity index (χ0v) is 18.4. The number of phenols is 1. The van der Waals surface area contributed by atoms with Gasteiger partial charge in [0.15, 0.2) is 0 Å². The van der Waals surface area contributed by atoms with E-state index < -0.39 is 10.0 Å². The largest absolute Gasteiger partial charge is 0.507 e. The fraction of sp³-hybridized carbons (Fsp3) is 0.364. The fourth-order valence-corrected chi connectivity index (χ4v) is 4.64. The van der Waals surface area contributed by atoms with Gasteiger partial charge in [-0.15, -0.1) is 0 Å². The lowest BCUT2D eigenvalue weighted by Crippen LogP contribution is -2.50. The number of phenolic OH excluding ortho intramolecular Hbond substituents is 1. The number of aromatic hydroxyl groups is 1. The maximum atomic E-state index is 12.8. The first-order valence-corrected chi connectivity index (χ1v) is 11.7. The first kappa shape index (κ1) is 22.8. The van der Waals surface area contributed by atoms with Crippen molar-refractivity contribution >= 4 is 21.8 Å². The van der Waals surface area contributed by atoms with E-state index in [9.17, 15) is 23.1 Å². The van der Waals surface area contributed by atoms with E-state index in [-0.39, 0.29) is 34.1 Å². The van der Waals surface area contributed by atoms with E-state index in [0.717, 1.165) is 0 Å². The Kier molecular flexibility index (Phi) is 6.97. The highest BCUT2D eigenvalue weighted by molar-refractivity contribution is 7.89. The summed E-state index contributed by atoms with van der Waals surface area (Å²) in [6, 6.07) is 12.1. The average molecular weight is 446 g/mol. The number of carbonyl (C=O) groups excluding carboxylic acids is 2. The summed E-state index contributed by atoms with van der Waals surface area (Å²) in [6.45, 7) is 5.10. The molecule has 9 heteroatoms. The Bertz CT molecular complexity index is 1050. The number of amides is 2. The molecule has 0 aliphatic carbocycles. The standard InChI is InChI=1S/C22H27N3O5S/c1-3-16(2)23-31(29,30)18-10-8-17(9-11-18)21(27)24-12-14-25(15-13-24)22(28)19-6-4-5-7-20(19)26/h4-11,16,23,26H,3,12-15H2,1-2H3. The van der Waals surface area contributed by atoms with Crippen LogP contribution in [0, 0.1) is 0 Å². The number of hydrogen-bond acceptors (Lipinski definition) is 5. The minimum atomic E-state index is -3.63. The van der Waals surface area contributed by atoms with Gasteiger partial charge in [-0.05, 0) is 49.7 Å². The monoisotopic (exact) mass is 445 g/mol. The first-order chi connectivity index (χ1) is 14.7. The molecule has 0 bridgehead atoms. The van der Waals surface area contributed by atoms with Crippen molar-refractivity contribution in [1.82, 2.24) is 14.5 Å². The quantitative estimate of drug-likeness (QED) is 0.708. The van der Waals surface area contributed by atoms with Crippen molar-refractivity contribution in [2.75, 3.05) is 26.2 Å². The van der Waals surface area contributed by atoms with Crippen LogP contribution in [0.3, 0.4) is 0 Å². The summed E-state index contributed by atoms with van der Waals surface area (Å²) in [5.74, 6) is -0.550. The van der Waals surface area contributed by atoms with E-state index in [1.807, 2.05) is 6.92 Å². The van der Waals surface area contributed by atoms with Crippen molar-refractivity contribution in [2.24, 2.45) is 0 Å². The van der Waals surface area contributed by atoms with Crippen LogP contribution < -0.4 is 4.72 Å². The Hall–Kier alpha value is -2.91. The summed E-state index contributed by atoms with van der Waals surface area (Å²) in [4.78, 5) is 28.8. The smallest absolute Gasteiger partial charge is 0.257 e. The van der Waals surface area contributed by atoms with Gasteiger partial charge in [-0.3, -0.25) is 9.59 Å². The molecule has 2 amide bonds. The SMILES string of the molecule is CCC(C)NS(=O)(=O)c1ccc(C(=O)N2CCN(C(=O)c3ccccc3O)CC2)cc1. The molecule has 8 nitrogen and oxygen atoms in total. The molecule has 2 aromatic carbocycles. The van der Waals surface area contributed by atoms with E-state index in [1.54, 1.807) is 34.9 Å². The van der Waals surface area contributed by atoms with E-state index in [0.29, 0.717) is 38.2 Å². The highest BCUT2D eigenvalue weighted by atomic mass is 32.2. The van der Waals surface area contributed by atoms with Crippen LogP contribution in [0.1, 0.15) is 41.0 Å². The summed E-state index contributed by atoms with van der Waals surface area (Å²) in [5, 5.41) is 9.88. The molecule has 0 saturated carbocycles. The van der Waals surface area contributed by atoms with Gasteiger partial charge in [-0.25, -0.2) is 13.1 Å². The predicted octanol–water partition coefficient (Wildman–Crippen LogP) is 2.07. The molecule has 1 saturated heterocycles. The van der Waals surface area contributed by atoms with Gasteiger partial charge >= 0.3 is 0 Å². The van der Waals surface area contributed by atoms with Crippen LogP contribution in [-0.2, 0) is 10.0 Å². The summed E-state index contributed by atoms with van der Waals surface area (Å²) in [5.41, 5.74) is 0.632. The van der Waals surface area contributed by atoms with E-state index in [2.05, 4.69) is 4.72 Å². The number of hydrogen-bond donors (Lipinski definition) is 2. The van der Waals surface area contributed by atoms with Gasteiger partial charge < -0.3 is 14.9 Å². The Morgan fingerprint density at radius 1 is 0.968 bits per heavy atom. The molecule has 1 aliphatic rings. The molecule has 3 rings (SSSR count). The van der Waals surface area contributed by atoms with Crippen LogP contribution in [0.25, 0.3) is 0 Å². The minimum Gasteiger partial charge on any atom is -0.507 e. The fourth-order valence-electron chi connectivity index (χ4n) is 3.31. The van der Waals surface area contributed by atoms with E-state index in [4.69, 9.17) is 0 Å². The molecule has 1 atom stereocenters. The molecule has 1 heterocycles. The summed E-state index contributed by atoms with van der Waals surface area (Å²) < 4.78 is 27.3. The van der Waals surface area contributed by atoms with Crippen LogP contribution in [-0.4, -0.2) is 67.4 Å². The maximum absolute atomic E-state index is 12.8. The van der Waals surface area contributed by atoms with Gasteiger partial charge in [-0.1, -0.05) is 19.1 Å². The second-order valence-electron chi connectivity index (χ2n) is 7.56. The number of nitrogens with one attached hydrogen (secondary N) is 1. The van der Waals surface area contributed by atoms with Crippen molar-refractivity contribution in [3.63, 3.8) is 0 Å². The second kappa shape index (κ2) is 9.49. The van der Waals surface area contributed by atoms with Crippen molar-refractivity contribution in [1.29, 1.82) is 0 Å². The Balaban J connectivity index is 1.62. The topological polar surface area (TPSA) is 107 Å². The lowest BCUT2D eigenvalue weighted by atomic mass is 10.1. The number of piperazine rings is 1. The number of carbonyl (C=O) groups is 2. The predicted molar refractivity (Wildman–Crippen MR) is 116 cm³/mol. The van der Waals surface area contributed by atoms with Crippen LogP contribution in [0.2, 0.25) is 0 Å². The third kappa shape index (κ3) is 5.23. The lowest BCUT2D eigenvalue weighted by Gasteiger charge is -2.35. The van der Waals surface area contributed by atoms with Crippen LogP contribution in [0.4, 0.5) is 0 Å². The Morgan fingerprint density at radius 3 is 2.06 bits per heavy atom. The van der Waals surface area contributed by atoms with Gasteiger partial charge in [0.25, 0.3) is 11.8 Å². The molecule has 1 aliphatic heterocycles. The molecule has 0 radical (unpaired) electrons. The minimum absolute atomic E-state index is 0.0659. The van der Waals surface area contributed by atoms with Crippen LogP contribution >= 0.6 is 0 Å². The molecule has 1 unspecified atom stereocenters. The summed E-state index contributed by atoms with van der Waals surface area (Å²) >= 11 is 0. The van der Waals surface area contributed by atoms with Gasteiger partial charge in [0.2, 0.25) is 10.0 Å². The van der Waals surface area contributed by atoms with Crippen LogP contribution in [0.15, 0.2) is 53.4 Å². The van der Waals surface area contributed by atoms with Gasteiger partial charge in [-0.2, -0.15) is 0 Å². The highest BCUT2D eigenvalue weighted by Gasteiger charge is 2.27. The van der Waals surface area contributed by atoms with Gasteiger partial charge in [0.05, 0.1) is 10.5 Å². The average Bonchev–Trinajstić information content (AvgIpc) is 2.78. The molecular weight excluding hydrogens is 418 g/mol. The lowest BCUT2D eigenvalue weighted by molar-refractivity contribution is 0.0533. The second-order valence-corrected chi connectivity index (χ2v) is 9.27. The molecule has 2 aromatic rings. The van der Waals surface area contributed by atoms with Crippen molar-refractivity contribution in [3.05, 3.63) is 59.7 Å². The molecule has 2 N–H and O–H groups in total. The van der Waals surface area contributed by atoms with E-state index in [1.165, 1.54) is 30.3 Å². The zero-order valence-electron chi connectivity index (χ0n) is 17.6. The number of benzene rings is 2. The maximum Gasteiger partial charge on any atom is 0.257 e. The first-order valence-electron chi connectivity index (χ1n) is 10.2. The Morgan fingerprint density at radius 2 is 1.52 bits per heavy atom. The summed E-state index contributed by atoms with van der Waals surface area (Å²) in [6.07, 6.45) is 0.675. The third-order valence-corrected chi connectivity index (χ3v) is 6.97. The zero-order chi connectivity index (χ0) is 22.6. The van der Waals surface area contributed by atoms with Crippen molar-refractivity contribution in [2.45, 2.75) is 31.2 Å². The van der Waals surface area contributed by atoms with Gasteiger partial charge in [0.1, 0.15) is 5.75 Å². The molecule has 0 spiro atoms. The molecular formula is C22H27N3O5S. The normalized spacial score (nSPS) is 15.5. The third-order valence-electron chi connectivity index (χ3n) is 5.37. The van der Waals surface area contributed by atoms with Crippen molar-refractivity contribution in [3.8, 4) is 5.75 Å². The Labute approximate surface area is 182 Å². The number of rotatable bonds is 6. The molecule has 166 valence electrons. The molecule has 0 aromatic heterocycles. The molecule has 1 fully saturated rings. The van der Waals surface area contributed by atoms with Crippen LogP contribution in [0.5, 0.6) is 5.75 Å². The summed E-state index contributed by atoms with van der Waals surface area (Å²) in [7, 11) is -3.63. The number of nitrogens with zero attached hydrogens (tertiary/aromatic N) is 2.